The fourth-order valence-electron chi connectivity index (χ4n) is 6.11. The van der Waals surface area contributed by atoms with Crippen molar-refractivity contribution in [2.75, 3.05) is 44.9 Å². The standard InChI is InChI=1S/C19H23N3O3S.C11H13NO2.C7H11N3.O2S/c1-4-15-16(10-13(3)12-20-15)21-19(23)18-11-14-8-6-7-9-17(14)22(18)26(24,25)5-2;1-2-12-9-6-4-3-5-8(9)7-10(12)11(13)14;1-5-3-6(8)7(9-2)10-4-5;1-3-2/h6-10,12,18H,4-5,11H2,1-3H3,(H,21,23);3-6,10H,2,7H2,1H3,(H,13,14);3-4H,8H2,1-2H3,(H,9,10);. The monoisotopic (exact) mass is 765 g/mol. The van der Waals surface area contributed by atoms with Crippen LogP contribution in [0.3, 0.4) is 0 Å². The molecule has 4 aromatic rings. The van der Waals surface area contributed by atoms with Crippen molar-refractivity contribution in [3.63, 3.8) is 0 Å². The molecule has 1 amide bonds. The highest BCUT2D eigenvalue weighted by Gasteiger charge is 2.41. The fraction of sp³-hybridized carbons (Fsp3) is 0.351. The predicted octanol–water partition coefficient (Wildman–Crippen LogP) is 4.54. The molecular weight excluding hydrogens is 719 g/mol. The van der Waals surface area contributed by atoms with Gasteiger partial charge < -0.3 is 26.4 Å². The first-order valence-electron chi connectivity index (χ1n) is 17.0. The number of nitrogen functional groups attached to an aromatic ring is 1. The largest absolute Gasteiger partial charge is 0.480 e. The maximum absolute atomic E-state index is 13.0. The van der Waals surface area contributed by atoms with Gasteiger partial charge in [-0.2, -0.15) is 8.42 Å². The van der Waals surface area contributed by atoms with E-state index >= 15 is 0 Å². The van der Waals surface area contributed by atoms with E-state index in [1.807, 2.05) is 81.1 Å². The Bertz CT molecular complexity index is 2040. The molecule has 0 saturated heterocycles. The third-order valence-corrected chi connectivity index (χ3v) is 10.4. The molecule has 6 rings (SSSR count). The molecule has 0 fully saturated rings. The number of nitrogens with two attached hydrogens (primary N) is 1. The van der Waals surface area contributed by atoms with Gasteiger partial charge in [0.25, 0.3) is 0 Å². The first-order valence-corrected chi connectivity index (χ1v) is 19.3. The van der Waals surface area contributed by atoms with E-state index in [0.717, 1.165) is 46.0 Å². The number of aliphatic carboxylic acids is 1. The number of aromatic nitrogens is 2. The Balaban J connectivity index is 0.000000233. The minimum absolute atomic E-state index is 0.0582. The number of benzene rings is 2. The Morgan fingerprint density at radius 1 is 0.906 bits per heavy atom. The molecule has 4 heterocycles. The molecule has 2 aromatic heterocycles. The lowest BCUT2D eigenvalue weighted by molar-refractivity contribution is -0.138. The van der Waals surface area contributed by atoms with Crippen molar-refractivity contribution < 1.29 is 31.5 Å². The van der Waals surface area contributed by atoms with Crippen LogP contribution in [0.2, 0.25) is 0 Å². The second-order valence-corrected chi connectivity index (χ2v) is 14.4. The predicted molar refractivity (Wildman–Crippen MR) is 209 cm³/mol. The highest BCUT2D eigenvalue weighted by Crippen LogP contribution is 2.35. The van der Waals surface area contributed by atoms with Crippen LogP contribution in [0.4, 0.5) is 28.6 Å². The number of carboxylic acids is 1. The lowest BCUT2D eigenvalue weighted by Gasteiger charge is -2.26. The van der Waals surface area contributed by atoms with Crippen molar-refractivity contribution in [2.24, 2.45) is 0 Å². The molecule has 5 N–H and O–H groups in total. The number of amides is 1. The van der Waals surface area contributed by atoms with Gasteiger partial charge in [-0.05, 0) is 80.6 Å². The molecule has 2 aromatic carbocycles. The summed E-state index contributed by atoms with van der Waals surface area (Å²) in [6.07, 6.45) is 5.20. The van der Waals surface area contributed by atoms with E-state index < -0.39 is 33.6 Å². The Morgan fingerprint density at radius 2 is 1.45 bits per heavy atom. The summed E-state index contributed by atoms with van der Waals surface area (Å²) in [5, 5.41) is 14.8. The number of nitrogens with one attached hydrogen (secondary N) is 2. The van der Waals surface area contributed by atoms with E-state index in [1.165, 1.54) is 4.31 Å². The Kier molecular flexibility index (Phi) is 15.5. The number of carboxylic acid groups (broad SMARTS) is 1. The summed E-state index contributed by atoms with van der Waals surface area (Å²) in [7, 11) is -1.77. The molecule has 16 heteroatoms. The van der Waals surface area contributed by atoms with Crippen LogP contribution in [0.5, 0.6) is 0 Å². The fourth-order valence-corrected chi connectivity index (χ4v) is 7.42. The Hall–Kier alpha value is -5.35. The number of nitrogens with zero attached hydrogens (tertiary/aromatic N) is 4. The van der Waals surface area contributed by atoms with E-state index in [0.29, 0.717) is 36.3 Å². The topological polar surface area (TPSA) is 205 Å². The van der Waals surface area contributed by atoms with Crippen LogP contribution in [0.15, 0.2) is 73.1 Å². The van der Waals surface area contributed by atoms with Crippen LogP contribution in [0.1, 0.15) is 48.7 Å². The molecule has 2 unspecified atom stereocenters. The molecule has 14 nitrogen and oxygen atoms in total. The zero-order valence-electron chi connectivity index (χ0n) is 30.7. The second-order valence-electron chi connectivity index (χ2n) is 12.1. The number of para-hydroxylation sites is 2. The lowest BCUT2D eigenvalue weighted by Crippen LogP contribution is -2.46. The molecule has 2 aliphatic rings. The number of hydrogen-bond acceptors (Lipinski definition) is 11. The molecule has 0 saturated carbocycles. The van der Waals surface area contributed by atoms with Gasteiger partial charge >= 0.3 is 17.5 Å². The summed E-state index contributed by atoms with van der Waals surface area (Å²) in [6, 6.07) is 17.7. The lowest BCUT2D eigenvalue weighted by atomic mass is 10.1. The number of likely N-dealkylation sites (N-methyl/N-ethyl adjacent to an activating group) is 1. The Labute approximate surface area is 314 Å². The summed E-state index contributed by atoms with van der Waals surface area (Å²) in [5.41, 5.74) is 13.4. The van der Waals surface area contributed by atoms with Crippen molar-refractivity contribution in [3.8, 4) is 0 Å². The van der Waals surface area contributed by atoms with Gasteiger partial charge in [0.05, 0.1) is 28.5 Å². The van der Waals surface area contributed by atoms with Gasteiger partial charge in [-0.25, -0.2) is 18.2 Å². The minimum atomic E-state index is -3.56. The van der Waals surface area contributed by atoms with Crippen LogP contribution in [-0.4, -0.2) is 75.2 Å². The number of anilines is 5. The number of aryl methyl sites for hydroxylation is 3. The third-order valence-electron chi connectivity index (χ3n) is 8.60. The smallest absolute Gasteiger partial charge is 0.335 e. The summed E-state index contributed by atoms with van der Waals surface area (Å²) in [4.78, 5) is 34.3. The summed E-state index contributed by atoms with van der Waals surface area (Å²) in [5.74, 6) is -0.383. The summed E-state index contributed by atoms with van der Waals surface area (Å²) < 4.78 is 43.1. The number of rotatable bonds is 8. The van der Waals surface area contributed by atoms with Crippen molar-refractivity contribution in [1.29, 1.82) is 0 Å². The zero-order valence-corrected chi connectivity index (χ0v) is 32.3. The molecule has 0 spiro atoms. The normalized spacial score (nSPS) is 15.2. The van der Waals surface area contributed by atoms with E-state index in [2.05, 4.69) is 20.6 Å². The zero-order chi connectivity index (χ0) is 39.3. The van der Waals surface area contributed by atoms with Crippen LogP contribution < -0.4 is 25.6 Å². The number of sulfonamides is 1. The summed E-state index contributed by atoms with van der Waals surface area (Å²) in [6.45, 7) is 10.1. The van der Waals surface area contributed by atoms with Crippen molar-refractivity contribution in [1.82, 2.24) is 9.97 Å². The first kappa shape index (κ1) is 42.1. The molecule has 0 radical (unpaired) electrons. The third kappa shape index (κ3) is 10.6. The number of carbonyl (C=O) groups is 2. The SMILES string of the molecule is CCN1c2ccccc2CC1C(=O)O.CCc1ncc(C)cc1NC(=O)C1Cc2ccccc2N1S(=O)(=O)CC.CNc1ncc(C)cc1N.O=S=O. The average Bonchev–Trinajstić information content (AvgIpc) is 3.73. The summed E-state index contributed by atoms with van der Waals surface area (Å²) >= 11 is -0.750. The van der Waals surface area contributed by atoms with Gasteiger partial charge in [-0.1, -0.05) is 43.3 Å². The van der Waals surface area contributed by atoms with Gasteiger partial charge in [0.2, 0.25) is 15.9 Å². The van der Waals surface area contributed by atoms with Crippen LogP contribution in [0.25, 0.3) is 0 Å². The molecular formula is C37H47N7O7S2. The van der Waals surface area contributed by atoms with Crippen molar-refractivity contribution >= 4 is 62.0 Å². The highest BCUT2D eigenvalue weighted by atomic mass is 32.2. The second kappa shape index (κ2) is 19.5. The van der Waals surface area contributed by atoms with Crippen LogP contribution in [-0.2, 0) is 50.4 Å². The number of pyridine rings is 2. The van der Waals surface area contributed by atoms with Crippen LogP contribution >= 0.6 is 0 Å². The van der Waals surface area contributed by atoms with Gasteiger partial charge in [0, 0.05) is 44.5 Å². The molecule has 2 aliphatic heterocycles. The molecule has 2 atom stereocenters. The van der Waals surface area contributed by atoms with Gasteiger partial charge in [-0.15, -0.1) is 0 Å². The number of hydrogen-bond donors (Lipinski definition) is 4. The van der Waals surface area contributed by atoms with E-state index in [9.17, 15) is 18.0 Å². The molecule has 53 heavy (non-hydrogen) atoms. The molecule has 0 aliphatic carbocycles. The average molecular weight is 766 g/mol. The van der Waals surface area contributed by atoms with E-state index in [-0.39, 0.29) is 17.7 Å². The Morgan fingerprint density at radius 3 is 2.00 bits per heavy atom. The van der Waals surface area contributed by atoms with Crippen molar-refractivity contribution in [2.45, 2.75) is 66.0 Å². The van der Waals surface area contributed by atoms with Gasteiger partial charge in [0.15, 0.2) is 0 Å². The highest BCUT2D eigenvalue weighted by molar-refractivity contribution is 7.92. The van der Waals surface area contributed by atoms with Crippen molar-refractivity contribution in [3.05, 3.63) is 101 Å². The number of fused-ring (bicyclic) bond motifs is 2. The van der Waals surface area contributed by atoms with Gasteiger partial charge in [-0.3, -0.25) is 14.1 Å². The maximum Gasteiger partial charge on any atom is 0.335 e. The first-order chi connectivity index (χ1) is 25.3. The van der Waals surface area contributed by atoms with E-state index in [1.54, 1.807) is 38.5 Å². The minimum Gasteiger partial charge on any atom is -0.480 e. The van der Waals surface area contributed by atoms with Gasteiger partial charge in [0.1, 0.15) is 17.9 Å². The molecule has 284 valence electrons. The number of carbonyl (C=O) groups excluding carboxylic acids is 1. The quantitative estimate of drug-likeness (QED) is 0.195. The maximum atomic E-state index is 13.0. The molecule has 0 bridgehead atoms. The van der Waals surface area contributed by atoms with Crippen LogP contribution in [0, 0.1) is 13.8 Å². The van der Waals surface area contributed by atoms with E-state index in [4.69, 9.17) is 19.3 Å².